The fourth-order valence-electron chi connectivity index (χ4n) is 2.63. The molecule has 0 bridgehead atoms. The summed E-state index contributed by atoms with van der Waals surface area (Å²) < 4.78 is 0. The van der Waals surface area contributed by atoms with Gasteiger partial charge in [0.1, 0.15) is 0 Å². The van der Waals surface area contributed by atoms with Gasteiger partial charge in [-0.05, 0) is 38.5 Å². The van der Waals surface area contributed by atoms with Crippen LogP contribution in [0.2, 0.25) is 0 Å². The van der Waals surface area contributed by atoms with Gasteiger partial charge in [-0.3, -0.25) is 4.79 Å². The van der Waals surface area contributed by atoms with E-state index < -0.39 is 0 Å². The molecular formula is C13H26N2O. The highest BCUT2D eigenvalue weighted by molar-refractivity contribution is 5.79. The Kier molecular flexibility index (Phi) is 5.26. The first kappa shape index (κ1) is 13.5. The number of rotatable bonds is 4. The Morgan fingerprint density at radius 3 is 2.62 bits per heavy atom. The Balaban J connectivity index is 2.62. The van der Waals surface area contributed by atoms with E-state index in [9.17, 15) is 4.79 Å². The molecule has 0 spiro atoms. The van der Waals surface area contributed by atoms with Crippen LogP contribution in [0.15, 0.2) is 0 Å². The van der Waals surface area contributed by atoms with Crippen molar-refractivity contribution in [2.24, 2.45) is 17.6 Å². The number of nitrogens with zero attached hydrogens (tertiary/aromatic N) is 1. The molecule has 1 aliphatic carbocycles. The number of carbonyl (C=O) groups excluding carboxylic acids is 1. The average molecular weight is 226 g/mol. The topological polar surface area (TPSA) is 46.3 Å². The molecule has 0 radical (unpaired) electrons. The van der Waals surface area contributed by atoms with Crippen LogP contribution >= 0.6 is 0 Å². The van der Waals surface area contributed by atoms with Crippen molar-refractivity contribution in [3.05, 3.63) is 0 Å². The lowest BCUT2D eigenvalue weighted by Gasteiger charge is -2.35. The van der Waals surface area contributed by atoms with Gasteiger partial charge in [0.15, 0.2) is 0 Å². The first-order valence-electron chi connectivity index (χ1n) is 6.64. The number of nitrogens with two attached hydrogens (primary N) is 1. The second-order valence-corrected chi connectivity index (χ2v) is 5.07. The van der Waals surface area contributed by atoms with Crippen LogP contribution < -0.4 is 5.73 Å². The van der Waals surface area contributed by atoms with Crippen LogP contribution in [0.3, 0.4) is 0 Å². The molecule has 16 heavy (non-hydrogen) atoms. The molecule has 1 saturated carbocycles. The highest BCUT2D eigenvalue weighted by atomic mass is 16.2. The first-order chi connectivity index (χ1) is 7.60. The predicted octanol–water partition coefficient (Wildman–Crippen LogP) is 2.01. The van der Waals surface area contributed by atoms with Crippen LogP contribution in [-0.2, 0) is 4.79 Å². The normalized spacial score (nSPS) is 30.1. The van der Waals surface area contributed by atoms with E-state index in [-0.39, 0.29) is 12.0 Å². The van der Waals surface area contributed by atoms with E-state index >= 15 is 0 Å². The Morgan fingerprint density at radius 1 is 1.38 bits per heavy atom. The van der Waals surface area contributed by atoms with Gasteiger partial charge in [0, 0.05) is 25.0 Å². The van der Waals surface area contributed by atoms with E-state index in [1.54, 1.807) is 0 Å². The zero-order valence-electron chi connectivity index (χ0n) is 10.9. The summed E-state index contributed by atoms with van der Waals surface area (Å²) in [6, 6.07) is 0.227. The standard InChI is InChI=1S/C13H26N2O/c1-4-8-15(5-2)13(16)12-9-11(14)7-6-10(12)3/h10-12H,4-9,14H2,1-3H3. The van der Waals surface area contributed by atoms with Crippen LogP contribution in [0.1, 0.15) is 46.5 Å². The highest BCUT2D eigenvalue weighted by Crippen LogP contribution is 2.30. The number of carbonyl (C=O) groups is 1. The molecule has 0 aliphatic heterocycles. The summed E-state index contributed by atoms with van der Waals surface area (Å²) in [4.78, 5) is 14.3. The maximum absolute atomic E-state index is 12.3. The number of hydrogen-bond donors (Lipinski definition) is 1. The fourth-order valence-corrected chi connectivity index (χ4v) is 2.63. The Bertz CT molecular complexity index is 230. The quantitative estimate of drug-likeness (QED) is 0.797. The van der Waals surface area contributed by atoms with E-state index in [1.807, 2.05) is 4.90 Å². The van der Waals surface area contributed by atoms with Gasteiger partial charge in [0.25, 0.3) is 0 Å². The molecule has 3 unspecified atom stereocenters. The second-order valence-electron chi connectivity index (χ2n) is 5.07. The van der Waals surface area contributed by atoms with Gasteiger partial charge in [-0.15, -0.1) is 0 Å². The largest absolute Gasteiger partial charge is 0.343 e. The molecule has 3 atom stereocenters. The molecule has 0 aromatic carbocycles. The van der Waals surface area contributed by atoms with E-state index in [0.29, 0.717) is 11.8 Å². The summed E-state index contributed by atoms with van der Waals surface area (Å²) in [6.07, 6.45) is 4.08. The molecular weight excluding hydrogens is 200 g/mol. The summed E-state index contributed by atoms with van der Waals surface area (Å²) in [6.45, 7) is 8.07. The third-order valence-electron chi connectivity index (χ3n) is 3.74. The van der Waals surface area contributed by atoms with Gasteiger partial charge in [0.05, 0.1) is 0 Å². The third-order valence-corrected chi connectivity index (χ3v) is 3.74. The minimum absolute atomic E-state index is 0.162. The average Bonchev–Trinajstić information content (AvgIpc) is 2.28. The van der Waals surface area contributed by atoms with Crippen molar-refractivity contribution in [1.82, 2.24) is 4.90 Å². The minimum Gasteiger partial charge on any atom is -0.343 e. The molecule has 1 aliphatic rings. The van der Waals surface area contributed by atoms with Crippen molar-refractivity contribution in [2.75, 3.05) is 13.1 Å². The Hall–Kier alpha value is -0.570. The molecule has 0 saturated heterocycles. The van der Waals surface area contributed by atoms with Crippen molar-refractivity contribution in [3.63, 3.8) is 0 Å². The number of amides is 1. The zero-order chi connectivity index (χ0) is 12.1. The SMILES string of the molecule is CCCN(CC)C(=O)C1CC(N)CCC1C. The molecule has 2 N–H and O–H groups in total. The van der Waals surface area contributed by atoms with Crippen LogP contribution in [-0.4, -0.2) is 29.9 Å². The highest BCUT2D eigenvalue weighted by Gasteiger charge is 2.33. The Labute approximate surface area is 99.4 Å². The Morgan fingerprint density at radius 2 is 2.06 bits per heavy atom. The summed E-state index contributed by atoms with van der Waals surface area (Å²) in [5, 5.41) is 0. The van der Waals surface area contributed by atoms with E-state index in [1.165, 1.54) is 0 Å². The van der Waals surface area contributed by atoms with Gasteiger partial charge >= 0.3 is 0 Å². The van der Waals surface area contributed by atoms with Gasteiger partial charge in [-0.1, -0.05) is 13.8 Å². The van der Waals surface area contributed by atoms with Crippen LogP contribution in [0.5, 0.6) is 0 Å². The zero-order valence-corrected chi connectivity index (χ0v) is 10.9. The van der Waals surface area contributed by atoms with E-state index in [2.05, 4.69) is 20.8 Å². The molecule has 3 nitrogen and oxygen atoms in total. The van der Waals surface area contributed by atoms with Gasteiger partial charge < -0.3 is 10.6 Å². The van der Waals surface area contributed by atoms with Crippen LogP contribution in [0.25, 0.3) is 0 Å². The third kappa shape index (κ3) is 3.21. The van der Waals surface area contributed by atoms with Crippen molar-refractivity contribution in [3.8, 4) is 0 Å². The molecule has 0 aromatic rings. The lowest BCUT2D eigenvalue weighted by Crippen LogP contribution is -2.44. The fraction of sp³-hybridized carbons (Fsp3) is 0.923. The minimum atomic E-state index is 0.162. The maximum Gasteiger partial charge on any atom is 0.225 e. The lowest BCUT2D eigenvalue weighted by molar-refractivity contribution is -0.138. The molecule has 1 rings (SSSR count). The van der Waals surface area contributed by atoms with Crippen LogP contribution in [0.4, 0.5) is 0 Å². The van der Waals surface area contributed by atoms with Crippen molar-refractivity contribution in [2.45, 2.75) is 52.5 Å². The predicted molar refractivity (Wildman–Crippen MR) is 67.0 cm³/mol. The summed E-state index contributed by atoms with van der Waals surface area (Å²) in [5.41, 5.74) is 5.97. The van der Waals surface area contributed by atoms with Gasteiger partial charge in [-0.2, -0.15) is 0 Å². The smallest absolute Gasteiger partial charge is 0.225 e. The molecule has 0 heterocycles. The van der Waals surface area contributed by atoms with Crippen molar-refractivity contribution < 1.29 is 4.79 Å². The molecule has 1 fully saturated rings. The summed E-state index contributed by atoms with van der Waals surface area (Å²) in [7, 11) is 0. The van der Waals surface area contributed by atoms with E-state index in [4.69, 9.17) is 5.73 Å². The summed E-state index contributed by atoms with van der Waals surface area (Å²) >= 11 is 0. The van der Waals surface area contributed by atoms with Gasteiger partial charge in [-0.25, -0.2) is 0 Å². The maximum atomic E-state index is 12.3. The van der Waals surface area contributed by atoms with Crippen LogP contribution in [0, 0.1) is 11.8 Å². The number of hydrogen-bond acceptors (Lipinski definition) is 2. The molecule has 1 amide bonds. The van der Waals surface area contributed by atoms with Gasteiger partial charge in [0.2, 0.25) is 5.91 Å². The molecule has 3 heteroatoms. The van der Waals surface area contributed by atoms with E-state index in [0.717, 1.165) is 38.8 Å². The lowest BCUT2D eigenvalue weighted by atomic mass is 9.77. The van der Waals surface area contributed by atoms with Crippen molar-refractivity contribution >= 4 is 5.91 Å². The molecule has 0 aromatic heterocycles. The second kappa shape index (κ2) is 6.24. The monoisotopic (exact) mass is 226 g/mol. The first-order valence-corrected chi connectivity index (χ1v) is 6.64. The summed E-state index contributed by atoms with van der Waals surface area (Å²) in [5.74, 6) is 0.987. The van der Waals surface area contributed by atoms with Crippen molar-refractivity contribution in [1.29, 1.82) is 0 Å². The molecule has 94 valence electrons.